The van der Waals surface area contributed by atoms with Gasteiger partial charge in [0.25, 0.3) is 0 Å². The smallest absolute Gasteiger partial charge is 0.0244 e. The highest BCUT2D eigenvalue weighted by Gasteiger charge is 2.64. The van der Waals surface area contributed by atoms with Gasteiger partial charge in [0.15, 0.2) is 0 Å². The predicted octanol–water partition coefficient (Wildman–Crippen LogP) is 3.62. The maximum atomic E-state index is 3.77. The molecule has 1 N–H and O–H groups in total. The van der Waals surface area contributed by atoms with E-state index in [1.807, 2.05) is 0 Å². The Labute approximate surface area is 126 Å². The standard InChI is InChI=1S/C18H36N2/c1-12(2)14-10-20(15(9-19-14)13(3)4)11-16-17(5,6)18(16,7)8/h12-16,19H,9-11H2,1-8H3. The average molecular weight is 280 g/mol. The Balaban J connectivity index is 2.05. The lowest BCUT2D eigenvalue weighted by molar-refractivity contribution is 0.0755. The van der Waals surface area contributed by atoms with E-state index in [1.54, 1.807) is 0 Å². The lowest BCUT2D eigenvalue weighted by Crippen LogP contribution is -2.60. The van der Waals surface area contributed by atoms with Crippen molar-refractivity contribution in [3.63, 3.8) is 0 Å². The first-order valence-corrected chi connectivity index (χ1v) is 8.56. The number of hydrogen-bond donors (Lipinski definition) is 1. The van der Waals surface area contributed by atoms with Crippen LogP contribution in [-0.4, -0.2) is 36.6 Å². The van der Waals surface area contributed by atoms with Gasteiger partial charge in [0.2, 0.25) is 0 Å². The molecule has 1 saturated heterocycles. The second-order valence-corrected chi connectivity index (χ2v) is 9.02. The molecule has 0 aromatic carbocycles. The van der Waals surface area contributed by atoms with Gasteiger partial charge in [-0.25, -0.2) is 0 Å². The number of nitrogens with one attached hydrogen (secondary N) is 1. The minimum atomic E-state index is 0.507. The Bertz CT molecular complexity index is 329. The summed E-state index contributed by atoms with van der Waals surface area (Å²) in [6.07, 6.45) is 0. The minimum absolute atomic E-state index is 0.507. The second kappa shape index (κ2) is 5.28. The van der Waals surface area contributed by atoms with E-state index in [1.165, 1.54) is 13.1 Å². The van der Waals surface area contributed by atoms with E-state index in [-0.39, 0.29) is 0 Å². The molecule has 118 valence electrons. The van der Waals surface area contributed by atoms with Gasteiger partial charge in [-0.3, -0.25) is 4.90 Å². The fourth-order valence-electron chi connectivity index (χ4n) is 4.19. The molecule has 2 aliphatic rings. The molecule has 2 atom stereocenters. The third kappa shape index (κ3) is 2.66. The van der Waals surface area contributed by atoms with Crippen LogP contribution >= 0.6 is 0 Å². The quantitative estimate of drug-likeness (QED) is 0.846. The first-order valence-electron chi connectivity index (χ1n) is 8.56. The van der Waals surface area contributed by atoms with Crippen molar-refractivity contribution in [2.24, 2.45) is 28.6 Å². The lowest BCUT2D eigenvalue weighted by atomic mass is 9.93. The highest BCUT2D eigenvalue weighted by Crippen LogP contribution is 2.68. The van der Waals surface area contributed by atoms with E-state index in [9.17, 15) is 0 Å². The fourth-order valence-corrected chi connectivity index (χ4v) is 4.19. The molecule has 0 amide bonds. The summed E-state index contributed by atoms with van der Waals surface area (Å²) < 4.78 is 0. The summed E-state index contributed by atoms with van der Waals surface area (Å²) in [5.41, 5.74) is 1.01. The number of piperazine rings is 1. The van der Waals surface area contributed by atoms with Gasteiger partial charge in [0.1, 0.15) is 0 Å². The van der Waals surface area contributed by atoms with E-state index in [0.29, 0.717) is 22.9 Å². The molecule has 0 aromatic heterocycles. The zero-order chi connectivity index (χ0) is 15.3. The van der Waals surface area contributed by atoms with Crippen molar-refractivity contribution in [2.75, 3.05) is 19.6 Å². The molecular weight excluding hydrogens is 244 g/mol. The highest BCUT2D eigenvalue weighted by molar-refractivity contribution is 5.13. The molecule has 20 heavy (non-hydrogen) atoms. The van der Waals surface area contributed by atoms with Crippen LogP contribution in [0.3, 0.4) is 0 Å². The molecule has 2 heteroatoms. The summed E-state index contributed by atoms with van der Waals surface area (Å²) in [4.78, 5) is 2.80. The van der Waals surface area contributed by atoms with Crippen LogP contribution in [0.15, 0.2) is 0 Å². The number of rotatable bonds is 4. The maximum Gasteiger partial charge on any atom is 0.0244 e. The van der Waals surface area contributed by atoms with Gasteiger partial charge in [0.05, 0.1) is 0 Å². The van der Waals surface area contributed by atoms with Crippen molar-refractivity contribution in [1.82, 2.24) is 10.2 Å². The average Bonchev–Trinajstić information content (AvgIpc) is 2.71. The Morgan fingerprint density at radius 1 is 1.00 bits per heavy atom. The first kappa shape index (κ1) is 16.3. The van der Waals surface area contributed by atoms with E-state index in [0.717, 1.165) is 24.3 Å². The summed E-state index contributed by atoms with van der Waals surface area (Å²) in [5, 5.41) is 3.77. The number of nitrogens with zero attached hydrogens (tertiary/aromatic N) is 1. The van der Waals surface area contributed by atoms with Gasteiger partial charge in [-0.2, -0.15) is 0 Å². The van der Waals surface area contributed by atoms with Gasteiger partial charge < -0.3 is 5.32 Å². The van der Waals surface area contributed by atoms with Crippen molar-refractivity contribution in [3.8, 4) is 0 Å². The first-order chi connectivity index (χ1) is 9.09. The third-order valence-corrected chi connectivity index (χ3v) is 6.80. The zero-order valence-electron chi connectivity index (χ0n) is 15.0. The van der Waals surface area contributed by atoms with Crippen LogP contribution in [0.5, 0.6) is 0 Å². The minimum Gasteiger partial charge on any atom is -0.311 e. The third-order valence-electron chi connectivity index (χ3n) is 6.80. The Kier molecular flexibility index (Phi) is 4.30. The van der Waals surface area contributed by atoms with Crippen LogP contribution in [0.25, 0.3) is 0 Å². The van der Waals surface area contributed by atoms with Crippen LogP contribution < -0.4 is 5.32 Å². The summed E-state index contributed by atoms with van der Waals surface area (Å²) in [5.74, 6) is 2.31. The Morgan fingerprint density at radius 2 is 1.55 bits per heavy atom. The molecule has 2 fully saturated rings. The molecule has 2 rings (SSSR count). The molecule has 2 nitrogen and oxygen atoms in total. The largest absolute Gasteiger partial charge is 0.311 e. The SMILES string of the molecule is CC(C)C1CN(CC2C(C)(C)C2(C)C)C(C(C)C)CN1. The van der Waals surface area contributed by atoms with E-state index >= 15 is 0 Å². The fraction of sp³-hybridized carbons (Fsp3) is 1.00. The molecule has 1 aliphatic carbocycles. The molecule has 0 radical (unpaired) electrons. The zero-order valence-corrected chi connectivity index (χ0v) is 15.0. The van der Waals surface area contributed by atoms with Gasteiger partial charge in [-0.05, 0) is 28.6 Å². The van der Waals surface area contributed by atoms with Gasteiger partial charge in [-0.1, -0.05) is 55.4 Å². The van der Waals surface area contributed by atoms with Crippen LogP contribution in [0.1, 0.15) is 55.4 Å². The molecule has 0 spiro atoms. The van der Waals surface area contributed by atoms with Crippen molar-refractivity contribution >= 4 is 0 Å². The van der Waals surface area contributed by atoms with Crippen LogP contribution in [0, 0.1) is 28.6 Å². The van der Waals surface area contributed by atoms with Crippen LogP contribution in [-0.2, 0) is 0 Å². The normalized spacial score (nSPS) is 33.9. The molecule has 2 unspecified atom stereocenters. The van der Waals surface area contributed by atoms with Gasteiger partial charge in [-0.15, -0.1) is 0 Å². The van der Waals surface area contributed by atoms with Crippen molar-refractivity contribution < 1.29 is 0 Å². The molecular formula is C18H36N2. The molecule has 1 aliphatic heterocycles. The van der Waals surface area contributed by atoms with E-state index in [4.69, 9.17) is 0 Å². The van der Waals surface area contributed by atoms with Gasteiger partial charge >= 0.3 is 0 Å². The van der Waals surface area contributed by atoms with E-state index in [2.05, 4.69) is 65.6 Å². The Morgan fingerprint density at radius 3 is 1.95 bits per heavy atom. The second-order valence-electron chi connectivity index (χ2n) is 9.02. The summed E-state index contributed by atoms with van der Waals surface area (Å²) in [6, 6.07) is 1.37. The summed E-state index contributed by atoms with van der Waals surface area (Å²) >= 11 is 0. The Hall–Kier alpha value is -0.0800. The predicted molar refractivity (Wildman–Crippen MR) is 87.9 cm³/mol. The van der Waals surface area contributed by atoms with Crippen LogP contribution in [0.2, 0.25) is 0 Å². The summed E-state index contributed by atoms with van der Waals surface area (Å²) in [6.45, 7) is 22.9. The lowest BCUT2D eigenvalue weighted by Gasteiger charge is -2.44. The molecule has 0 bridgehead atoms. The maximum absolute atomic E-state index is 3.77. The van der Waals surface area contributed by atoms with Crippen molar-refractivity contribution in [2.45, 2.75) is 67.5 Å². The van der Waals surface area contributed by atoms with Crippen molar-refractivity contribution in [1.29, 1.82) is 0 Å². The topological polar surface area (TPSA) is 15.3 Å². The summed E-state index contributed by atoms with van der Waals surface area (Å²) in [7, 11) is 0. The molecule has 0 aromatic rings. The van der Waals surface area contributed by atoms with Crippen molar-refractivity contribution in [3.05, 3.63) is 0 Å². The van der Waals surface area contributed by atoms with Gasteiger partial charge in [0, 0.05) is 31.7 Å². The molecule has 1 saturated carbocycles. The van der Waals surface area contributed by atoms with Crippen LogP contribution in [0.4, 0.5) is 0 Å². The number of hydrogen-bond acceptors (Lipinski definition) is 2. The highest BCUT2D eigenvalue weighted by atomic mass is 15.2. The molecule has 1 heterocycles. The van der Waals surface area contributed by atoms with E-state index < -0.39 is 0 Å². The monoisotopic (exact) mass is 280 g/mol.